The number of nitrogens with one attached hydrogen (secondary N) is 1. The van der Waals surface area contributed by atoms with Crippen molar-refractivity contribution in [1.29, 1.82) is 0 Å². The Kier molecular flexibility index (Phi) is 4.67. The smallest absolute Gasteiger partial charge is 0.323 e. The topological polar surface area (TPSA) is 68.7 Å². The summed E-state index contributed by atoms with van der Waals surface area (Å²) in [5, 5.41) is 13.5. The Balaban J connectivity index is 1.46. The maximum absolute atomic E-state index is 13.5. The van der Waals surface area contributed by atoms with E-state index in [-0.39, 0.29) is 35.1 Å². The summed E-state index contributed by atoms with van der Waals surface area (Å²) < 4.78 is 14.3. The lowest BCUT2D eigenvalue weighted by Crippen LogP contribution is -2.67. The van der Waals surface area contributed by atoms with E-state index in [1.54, 1.807) is 17.0 Å². The van der Waals surface area contributed by atoms with E-state index in [0.29, 0.717) is 10.6 Å². The Hall–Kier alpha value is -2.71. The van der Waals surface area contributed by atoms with Crippen molar-refractivity contribution < 1.29 is 14.3 Å². The summed E-state index contributed by atoms with van der Waals surface area (Å²) in [7, 11) is 3.93. The zero-order chi connectivity index (χ0) is 21.9. The molecule has 0 unspecified atom stereocenters. The Morgan fingerprint density at radius 1 is 1.35 bits per heavy atom. The average Bonchev–Trinajstić information content (AvgIpc) is 3.12. The van der Waals surface area contributed by atoms with Crippen LogP contribution in [0.4, 0.5) is 14.3 Å². The van der Waals surface area contributed by atoms with Crippen LogP contribution in [0.5, 0.6) is 5.75 Å². The van der Waals surface area contributed by atoms with Crippen LogP contribution < -0.4 is 5.32 Å². The fourth-order valence-electron chi connectivity index (χ4n) is 5.39. The third-order valence-corrected chi connectivity index (χ3v) is 7.96. The molecule has 0 radical (unpaired) electrons. The number of fused-ring (bicyclic) bond motifs is 5. The van der Waals surface area contributed by atoms with Gasteiger partial charge in [-0.1, -0.05) is 24.3 Å². The number of phenols is 1. The lowest BCUT2D eigenvalue weighted by molar-refractivity contribution is 0.0213. The van der Waals surface area contributed by atoms with E-state index in [1.807, 2.05) is 19.2 Å². The van der Waals surface area contributed by atoms with E-state index in [0.717, 1.165) is 29.6 Å². The second kappa shape index (κ2) is 7.17. The Labute approximate surface area is 184 Å². The largest absolute Gasteiger partial charge is 0.508 e. The zero-order valence-electron chi connectivity index (χ0n) is 17.7. The van der Waals surface area contributed by atoms with Crippen molar-refractivity contribution in [2.75, 3.05) is 26.0 Å². The molecular formula is C23H25FN4O2S. The van der Waals surface area contributed by atoms with Gasteiger partial charge in [0.25, 0.3) is 0 Å². The first kappa shape index (κ1) is 20.2. The van der Waals surface area contributed by atoms with E-state index in [1.165, 1.54) is 29.0 Å². The fourth-order valence-corrected chi connectivity index (χ4v) is 6.23. The lowest BCUT2D eigenvalue weighted by atomic mass is 9.61. The number of hydrogen-bond acceptors (Lipinski definition) is 5. The van der Waals surface area contributed by atoms with Crippen LogP contribution in [0.15, 0.2) is 36.4 Å². The number of nitrogens with zero attached hydrogens (tertiary/aromatic N) is 3. The van der Waals surface area contributed by atoms with Crippen LogP contribution in [0.2, 0.25) is 0 Å². The number of phenolic OH excluding ortho intramolecular Hbond substituents is 1. The molecule has 3 atom stereocenters. The van der Waals surface area contributed by atoms with Crippen LogP contribution >= 0.6 is 11.3 Å². The highest BCUT2D eigenvalue weighted by molar-refractivity contribution is 7.22. The fraction of sp³-hybridized carbons (Fsp3) is 0.391. The molecule has 5 rings (SSSR count). The highest BCUT2D eigenvalue weighted by Gasteiger charge is 2.52. The number of thiazole rings is 1. The van der Waals surface area contributed by atoms with Crippen molar-refractivity contribution in [3.8, 4) is 5.75 Å². The quantitative estimate of drug-likeness (QED) is 0.627. The van der Waals surface area contributed by atoms with E-state index < -0.39 is 0 Å². The van der Waals surface area contributed by atoms with Gasteiger partial charge in [-0.3, -0.25) is 5.32 Å². The Morgan fingerprint density at radius 3 is 2.97 bits per heavy atom. The van der Waals surface area contributed by atoms with Crippen molar-refractivity contribution in [3.63, 3.8) is 0 Å². The molecule has 8 heteroatoms. The predicted molar refractivity (Wildman–Crippen MR) is 120 cm³/mol. The predicted octanol–water partition coefficient (Wildman–Crippen LogP) is 4.19. The van der Waals surface area contributed by atoms with E-state index in [9.17, 15) is 14.3 Å². The van der Waals surface area contributed by atoms with Crippen LogP contribution in [0.1, 0.15) is 24.5 Å². The highest BCUT2D eigenvalue weighted by atomic mass is 32.1. The molecule has 2 heterocycles. The maximum Gasteiger partial charge on any atom is 0.323 e. The maximum atomic E-state index is 13.5. The molecule has 2 aromatic carbocycles. The first-order chi connectivity index (χ1) is 14.8. The van der Waals surface area contributed by atoms with Gasteiger partial charge in [0, 0.05) is 24.6 Å². The molecule has 3 aromatic rings. The molecule has 0 spiro atoms. The molecular weight excluding hydrogens is 415 g/mol. The molecule has 1 aliphatic carbocycles. The summed E-state index contributed by atoms with van der Waals surface area (Å²) in [6.07, 6.45) is 1.71. The van der Waals surface area contributed by atoms with Crippen LogP contribution in [-0.4, -0.2) is 58.6 Å². The van der Waals surface area contributed by atoms with Gasteiger partial charge in [0.1, 0.15) is 11.6 Å². The number of likely N-dealkylation sites (N-methyl/N-ethyl adjacent to an activating group) is 2. The summed E-state index contributed by atoms with van der Waals surface area (Å²) in [6.45, 7) is 3.13. The number of aromatic nitrogens is 1. The number of amides is 2. The summed E-state index contributed by atoms with van der Waals surface area (Å²) in [5.41, 5.74) is 2.62. The number of anilines is 1. The number of hydrogen-bond donors (Lipinski definition) is 2. The molecule has 2 amide bonds. The van der Waals surface area contributed by atoms with Crippen molar-refractivity contribution in [3.05, 3.63) is 53.3 Å². The average molecular weight is 441 g/mol. The van der Waals surface area contributed by atoms with E-state index >= 15 is 0 Å². The molecule has 162 valence electrons. The number of aromatic hydroxyl groups is 1. The van der Waals surface area contributed by atoms with Gasteiger partial charge >= 0.3 is 6.03 Å². The Morgan fingerprint density at radius 2 is 2.16 bits per heavy atom. The number of halogens is 1. The van der Waals surface area contributed by atoms with Crippen molar-refractivity contribution in [2.45, 2.75) is 37.3 Å². The van der Waals surface area contributed by atoms with Gasteiger partial charge in [-0.2, -0.15) is 0 Å². The molecule has 1 fully saturated rings. The van der Waals surface area contributed by atoms with Gasteiger partial charge in [-0.25, -0.2) is 14.2 Å². The highest BCUT2D eigenvalue weighted by Crippen LogP contribution is 2.47. The minimum atomic E-state index is -0.347. The summed E-state index contributed by atoms with van der Waals surface area (Å²) in [4.78, 5) is 21.7. The number of carbonyl (C=O) groups excluding carboxylic acids is 1. The van der Waals surface area contributed by atoms with E-state index in [2.05, 4.69) is 29.2 Å². The molecule has 1 saturated heterocycles. The minimum Gasteiger partial charge on any atom is -0.508 e. The summed E-state index contributed by atoms with van der Waals surface area (Å²) in [6, 6.07) is 9.92. The second-order valence-electron chi connectivity index (χ2n) is 8.88. The minimum absolute atomic E-state index is 0.0626. The third-order valence-electron chi connectivity index (χ3n) is 7.01. The van der Waals surface area contributed by atoms with Crippen molar-refractivity contribution in [2.24, 2.45) is 0 Å². The molecule has 6 nitrogen and oxygen atoms in total. The van der Waals surface area contributed by atoms with Gasteiger partial charge in [-0.15, -0.1) is 0 Å². The standard InChI is InChI=1S/C23H25FN4O2S/c1-23-8-9-27(2)18(10-13-4-6-15(29)12-16(13)23)20(23)28(3)22(30)26-21-25-17-11-14(24)5-7-19(17)31-21/h4-7,11-12,18,20,29H,8-10H2,1-3H3,(H,25,26,30)/t18-,20-,23-/m1/s1. The van der Waals surface area contributed by atoms with Gasteiger partial charge in [-0.05, 0) is 61.8 Å². The number of likely N-dealkylation sites (tertiary alicyclic amines) is 1. The van der Waals surface area contributed by atoms with Gasteiger partial charge in [0.05, 0.1) is 16.3 Å². The molecule has 2 aliphatic rings. The first-order valence-electron chi connectivity index (χ1n) is 10.4. The number of rotatable bonds is 2. The van der Waals surface area contributed by atoms with Crippen molar-refractivity contribution in [1.82, 2.24) is 14.8 Å². The summed E-state index contributed by atoms with van der Waals surface area (Å²) in [5.74, 6) is -0.0920. The molecule has 0 saturated carbocycles. The number of urea groups is 1. The molecule has 2 N–H and O–H groups in total. The van der Waals surface area contributed by atoms with Crippen LogP contribution in [0, 0.1) is 5.82 Å². The monoisotopic (exact) mass is 440 g/mol. The normalized spacial score (nSPS) is 25.3. The molecule has 1 aromatic heterocycles. The van der Waals surface area contributed by atoms with Crippen molar-refractivity contribution >= 4 is 32.7 Å². The molecule has 1 aliphatic heterocycles. The number of carbonyl (C=O) groups is 1. The SMILES string of the molecule is CN1CC[C@]2(C)c3cc(O)ccc3C[C@@H]1[C@H]2N(C)C(=O)Nc1nc2cc(F)ccc2s1. The van der Waals surface area contributed by atoms with Crippen LogP contribution in [-0.2, 0) is 11.8 Å². The second-order valence-corrected chi connectivity index (χ2v) is 9.91. The summed E-state index contributed by atoms with van der Waals surface area (Å²) >= 11 is 1.33. The van der Waals surface area contributed by atoms with Crippen LogP contribution in [0.3, 0.4) is 0 Å². The van der Waals surface area contributed by atoms with Gasteiger partial charge in [0.2, 0.25) is 0 Å². The van der Waals surface area contributed by atoms with E-state index in [4.69, 9.17) is 0 Å². The molecule has 2 bridgehead atoms. The van der Waals surface area contributed by atoms with Gasteiger partial charge < -0.3 is 14.9 Å². The molecule has 31 heavy (non-hydrogen) atoms. The number of piperidine rings is 1. The Bertz CT molecular complexity index is 1180. The number of benzene rings is 2. The first-order valence-corrected chi connectivity index (χ1v) is 11.2. The lowest BCUT2D eigenvalue weighted by Gasteiger charge is -2.57. The van der Waals surface area contributed by atoms with Gasteiger partial charge in [0.15, 0.2) is 5.13 Å². The zero-order valence-corrected chi connectivity index (χ0v) is 18.5. The van der Waals surface area contributed by atoms with Crippen LogP contribution in [0.25, 0.3) is 10.2 Å². The third kappa shape index (κ3) is 3.25.